The predicted octanol–water partition coefficient (Wildman–Crippen LogP) is -3.47. The molecule has 1 rings (SSSR count). The van der Waals surface area contributed by atoms with Gasteiger partial charge in [-0.15, -0.1) is 20.4 Å². The molecule has 0 bridgehead atoms. The number of aromatic amines is 2. The number of nitrogens with one attached hydrogen (secondary N) is 2. The molecule has 0 saturated carbocycles. The summed E-state index contributed by atoms with van der Waals surface area (Å²) in [4.78, 5) is 5.76. The molecule has 0 saturated heterocycles. The third-order valence-electron chi connectivity index (χ3n) is 1.53. The van der Waals surface area contributed by atoms with Crippen molar-refractivity contribution in [3.8, 4) is 0 Å². The van der Waals surface area contributed by atoms with Crippen LogP contribution in [0.15, 0.2) is 32.8 Å². The molecule has 0 spiro atoms. The van der Waals surface area contributed by atoms with Crippen molar-refractivity contribution >= 4 is 24.3 Å². The van der Waals surface area contributed by atoms with E-state index in [1.807, 2.05) is 0 Å². The van der Waals surface area contributed by atoms with Crippen molar-refractivity contribution < 1.29 is 9.97 Å². The number of nitrogens with two attached hydrogens (primary N) is 4. The number of H-pyrrole nitrogens is 2. The zero-order chi connectivity index (χ0) is 13.4. The highest BCUT2D eigenvalue weighted by Crippen LogP contribution is 1.86. The molecule has 0 radical (unpaired) electrons. The van der Waals surface area contributed by atoms with Crippen molar-refractivity contribution in [2.75, 3.05) is 0 Å². The molecule has 10 heteroatoms. The van der Waals surface area contributed by atoms with Gasteiger partial charge in [0.1, 0.15) is 12.4 Å². The summed E-state index contributed by atoms with van der Waals surface area (Å²) in [5.74, 6) is -0.244. The van der Waals surface area contributed by atoms with E-state index in [9.17, 15) is 0 Å². The predicted molar refractivity (Wildman–Crippen MR) is 66.4 cm³/mol. The average molecular weight is 250 g/mol. The highest BCUT2D eigenvalue weighted by molar-refractivity contribution is 5.82. The van der Waals surface area contributed by atoms with Gasteiger partial charge in [0.05, 0.1) is 6.07 Å². The lowest BCUT2D eigenvalue weighted by atomic mass is 10.3. The fourth-order valence-electron chi connectivity index (χ4n) is 0.918. The van der Waals surface area contributed by atoms with Crippen molar-refractivity contribution in [1.82, 2.24) is 0 Å². The second-order valence-corrected chi connectivity index (χ2v) is 3.03. The zero-order valence-corrected chi connectivity index (χ0v) is 9.41. The lowest BCUT2D eigenvalue weighted by Gasteiger charge is -1.85. The fourth-order valence-corrected chi connectivity index (χ4v) is 0.918. The summed E-state index contributed by atoms with van der Waals surface area (Å²) in [6, 6.07) is 1.71. The summed E-state index contributed by atoms with van der Waals surface area (Å²) in [5.41, 5.74) is 21.8. The fraction of sp³-hybridized carbons (Fsp3) is 0. The largest absolute Gasteiger partial charge is 0.404 e. The Morgan fingerprint density at radius 3 is 1.72 bits per heavy atom. The number of rotatable bonds is 4. The van der Waals surface area contributed by atoms with Crippen LogP contribution in [-0.2, 0) is 0 Å². The first-order valence-electron chi connectivity index (χ1n) is 4.75. The van der Waals surface area contributed by atoms with Crippen molar-refractivity contribution in [1.29, 1.82) is 0 Å². The Morgan fingerprint density at radius 1 is 0.889 bits per heavy atom. The van der Waals surface area contributed by atoms with E-state index < -0.39 is 0 Å². The second-order valence-electron chi connectivity index (χ2n) is 3.03. The summed E-state index contributed by atoms with van der Waals surface area (Å²) in [5, 5.41) is 14.2. The number of hydrogen-bond donors (Lipinski definition) is 4. The minimum Gasteiger partial charge on any atom is -0.369 e. The van der Waals surface area contributed by atoms with Crippen molar-refractivity contribution in [2.24, 2.45) is 43.3 Å². The Labute approximate surface area is 102 Å². The summed E-state index contributed by atoms with van der Waals surface area (Å²) in [7, 11) is 0. The molecule has 0 unspecified atom stereocenters. The molecular formula is C8H14N10+2. The van der Waals surface area contributed by atoms with Crippen molar-refractivity contribution in [3.63, 3.8) is 0 Å². The monoisotopic (exact) mass is 250 g/mol. The summed E-state index contributed by atoms with van der Waals surface area (Å²) in [6.45, 7) is 0. The quantitative estimate of drug-likeness (QED) is 0.246. The SMILES string of the molecule is NC(N)=N/N=C/c1cc(/C=N/N=C(N)N)[nH+]c[nH+]1. The Hall–Kier alpha value is -3.04. The van der Waals surface area contributed by atoms with Crippen LogP contribution >= 0.6 is 0 Å². The maximum Gasteiger partial charge on any atom is 0.404 e. The summed E-state index contributed by atoms with van der Waals surface area (Å²) >= 11 is 0. The topological polar surface area (TPSA) is 182 Å². The molecule has 18 heavy (non-hydrogen) atoms. The maximum atomic E-state index is 5.12. The van der Waals surface area contributed by atoms with Gasteiger partial charge in [-0.1, -0.05) is 0 Å². The zero-order valence-electron chi connectivity index (χ0n) is 9.41. The standard InChI is InChI=1S/C8H12N10/c9-7(10)17-15-2-5-1-6(14-4-13-5)3-16-18-8(11)12/h1-4H,(H4,9,10,17)(H4,11,12,18)/p+2/b15-2+,16-3+. The Bertz CT molecular complexity index is 463. The lowest BCUT2D eigenvalue weighted by Crippen LogP contribution is -2.24. The van der Waals surface area contributed by atoms with Crippen LogP contribution in [0.25, 0.3) is 0 Å². The first-order valence-corrected chi connectivity index (χ1v) is 4.75. The molecule has 0 atom stereocenters. The molecule has 10 nitrogen and oxygen atoms in total. The van der Waals surface area contributed by atoms with E-state index in [4.69, 9.17) is 22.9 Å². The molecule has 0 aliphatic heterocycles. The van der Waals surface area contributed by atoms with Crippen LogP contribution in [0.2, 0.25) is 0 Å². The van der Waals surface area contributed by atoms with Crippen LogP contribution in [0.4, 0.5) is 0 Å². The molecule has 10 N–H and O–H groups in total. The highest BCUT2D eigenvalue weighted by Gasteiger charge is 2.04. The molecule has 1 aromatic rings. The smallest absolute Gasteiger partial charge is 0.369 e. The first-order chi connectivity index (χ1) is 8.58. The average Bonchev–Trinajstić information content (AvgIpc) is 2.28. The number of aromatic nitrogens is 2. The Morgan fingerprint density at radius 2 is 1.33 bits per heavy atom. The van der Waals surface area contributed by atoms with E-state index in [2.05, 4.69) is 30.4 Å². The van der Waals surface area contributed by atoms with Crippen LogP contribution < -0.4 is 32.9 Å². The summed E-state index contributed by atoms with van der Waals surface area (Å²) < 4.78 is 0. The van der Waals surface area contributed by atoms with Crippen LogP contribution in [0.5, 0.6) is 0 Å². The third kappa shape index (κ3) is 5.16. The van der Waals surface area contributed by atoms with Crippen LogP contribution in [0.1, 0.15) is 11.4 Å². The highest BCUT2D eigenvalue weighted by atomic mass is 15.3. The number of guanidine groups is 2. The minimum absolute atomic E-state index is 0.122. The van der Waals surface area contributed by atoms with Crippen LogP contribution in [-0.4, -0.2) is 24.3 Å². The van der Waals surface area contributed by atoms with E-state index in [0.717, 1.165) is 0 Å². The van der Waals surface area contributed by atoms with Gasteiger partial charge in [0, 0.05) is 0 Å². The molecule has 0 aliphatic carbocycles. The molecule has 0 aromatic carbocycles. The lowest BCUT2D eigenvalue weighted by molar-refractivity contribution is -0.532. The van der Waals surface area contributed by atoms with Gasteiger partial charge >= 0.3 is 6.33 Å². The molecule has 0 aliphatic rings. The van der Waals surface area contributed by atoms with Gasteiger partial charge in [0.2, 0.25) is 23.3 Å². The van der Waals surface area contributed by atoms with Crippen molar-refractivity contribution in [3.05, 3.63) is 23.8 Å². The van der Waals surface area contributed by atoms with E-state index in [1.54, 1.807) is 12.4 Å². The van der Waals surface area contributed by atoms with Gasteiger partial charge in [-0.05, 0) is 0 Å². The molecule has 0 fully saturated rings. The first kappa shape index (κ1) is 13.0. The van der Waals surface area contributed by atoms with Crippen LogP contribution in [0, 0.1) is 0 Å². The molecule has 1 aromatic heterocycles. The third-order valence-corrected chi connectivity index (χ3v) is 1.53. The Kier molecular flexibility index (Phi) is 4.72. The van der Waals surface area contributed by atoms with Gasteiger partial charge in [0.25, 0.3) is 0 Å². The minimum atomic E-state index is -0.122. The van der Waals surface area contributed by atoms with Crippen molar-refractivity contribution in [2.45, 2.75) is 0 Å². The maximum absolute atomic E-state index is 5.12. The van der Waals surface area contributed by atoms with Gasteiger partial charge in [-0.3, -0.25) is 0 Å². The van der Waals surface area contributed by atoms with Gasteiger partial charge < -0.3 is 22.9 Å². The van der Waals surface area contributed by atoms with E-state index in [-0.39, 0.29) is 11.9 Å². The number of nitrogens with zero attached hydrogens (tertiary/aromatic N) is 4. The van der Waals surface area contributed by atoms with Crippen LogP contribution in [0.3, 0.4) is 0 Å². The van der Waals surface area contributed by atoms with E-state index in [0.29, 0.717) is 11.4 Å². The Balaban J connectivity index is 2.80. The molecule has 1 heterocycles. The molecule has 94 valence electrons. The number of hydrogen-bond acceptors (Lipinski definition) is 4. The normalized spacial score (nSPS) is 10.7. The molecular weight excluding hydrogens is 236 g/mol. The summed E-state index contributed by atoms with van der Waals surface area (Å²) in [6.07, 6.45) is 4.45. The second kappa shape index (κ2) is 6.52. The van der Waals surface area contributed by atoms with E-state index in [1.165, 1.54) is 12.4 Å². The van der Waals surface area contributed by atoms with Gasteiger partial charge in [0.15, 0.2) is 0 Å². The van der Waals surface area contributed by atoms with E-state index >= 15 is 0 Å². The van der Waals surface area contributed by atoms with Gasteiger partial charge in [-0.2, -0.15) is 9.97 Å². The van der Waals surface area contributed by atoms with Gasteiger partial charge in [-0.25, -0.2) is 0 Å². The molecule has 0 amide bonds.